The zero-order valence-electron chi connectivity index (χ0n) is 15.9. The highest BCUT2D eigenvalue weighted by molar-refractivity contribution is 5.77. The summed E-state index contributed by atoms with van der Waals surface area (Å²) in [5.41, 5.74) is 7.64. The molecule has 2 aromatic carbocycles. The van der Waals surface area contributed by atoms with E-state index in [1.807, 2.05) is 0 Å². The molecule has 0 N–H and O–H groups in total. The van der Waals surface area contributed by atoms with Crippen LogP contribution in [0.2, 0.25) is 0 Å². The standard InChI is InChI=1S/C24H25N2/c1-17(2)20-10-6-8-12-22(20)26-16-15-18(3)24(26)23-14-13-19-9-5-7-11-21(19)25(23)4/h5-17H,1-4H3/q+1. The van der Waals surface area contributed by atoms with Crippen LogP contribution in [0.4, 0.5) is 0 Å². The van der Waals surface area contributed by atoms with Gasteiger partial charge in [0.15, 0.2) is 0 Å². The molecule has 0 amide bonds. The third-order valence-corrected chi connectivity index (χ3v) is 5.23. The quantitative estimate of drug-likeness (QED) is 0.432. The Balaban J connectivity index is 1.99. The molecule has 0 unspecified atom stereocenters. The van der Waals surface area contributed by atoms with E-state index in [0.717, 1.165) is 0 Å². The first-order valence-electron chi connectivity index (χ1n) is 9.23. The van der Waals surface area contributed by atoms with Gasteiger partial charge in [-0.25, -0.2) is 0 Å². The molecule has 0 bridgehead atoms. The lowest BCUT2D eigenvalue weighted by molar-refractivity contribution is -0.633. The molecule has 2 aromatic heterocycles. The van der Waals surface area contributed by atoms with Gasteiger partial charge in [0.25, 0.3) is 0 Å². The van der Waals surface area contributed by atoms with E-state index in [2.05, 4.69) is 110 Å². The molecule has 0 atom stereocenters. The first-order chi connectivity index (χ1) is 12.6. The Bertz CT molecular complexity index is 1090. The number of hydrogen-bond donors (Lipinski definition) is 0. The highest BCUT2D eigenvalue weighted by atomic mass is 15.0. The molecule has 0 radical (unpaired) electrons. The Morgan fingerprint density at radius 3 is 2.38 bits per heavy atom. The van der Waals surface area contributed by atoms with Gasteiger partial charge in [0, 0.05) is 29.4 Å². The fourth-order valence-corrected chi connectivity index (χ4v) is 3.83. The molecular formula is C24H25N2+. The van der Waals surface area contributed by atoms with Crippen molar-refractivity contribution in [3.63, 3.8) is 0 Å². The van der Waals surface area contributed by atoms with Crippen molar-refractivity contribution in [2.75, 3.05) is 0 Å². The second kappa shape index (κ2) is 6.45. The third kappa shape index (κ3) is 2.62. The smallest absolute Gasteiger partial charge is 0.230 e. The van der Waals surface area contributed by atoms with E-state index in [4.69, 9.17) is 0 Å². The lowest BCUT2D eigenvalue weighted by Gasteiger charge is -2.16. The maximum absolute atomic E-state index is 2.34. The van der Waals surface area contributed by atoms with Crippen LogP contribution in [0.5, 0.6) is 0 Å². The van der Waals surface area contributed by atoms with Crippen molar-refractivity contribution in [1.29, 1.82) is 0 Å². The number of para-hydroxylation sites is 2. The van der Waals surface area contributed by atoms with Crippen molar-refractivity contribution < 1.29 is 4.57 Å². The van der Waals surface area contributed by atoms with Crippen LogP contribution in [-0.2, 0) is 7.05 Å². The van der Waals surface area contributed by atoms with E-state index >= 15 is 0 Å². The van der Waals surface area contributed by atoms with Crippen LogP contribution in [0.3, 0.4) is 0 Å². The summed E-state index contributed by atoms with van der Waals surface area (Å²) in [6, 6.07) is 23.9. The molecule has 4 aromatic rings. The zero-order chi connectivity index (χ0) is 18.3. The number of aryl methyl sites for hydroxylation is 2. The molecule has 0 fully saturated rings. The number of benzene rings is 2. The molecule has 130 valence electrons. The Labute approximate surface area is 155 Å². The summed E-state index contributed by atoms with van der Waals surface area (Å²) in [6.45, 7) is 6.70. The van der Waals surface area contributed by atoms with Crippen LogP contribution in [0.25, 0.3) is 28.0 Å². The fraction of sp³-hybridized carbons (Fsp3) is 0.208. The minimum absolute atomic E-state index is 0.479. The highest BCUT2D eigenvalue weighted by Crippen LogP contribution is 2.30. The van der Waals surface area contributed by atoms with Gasteiger partial charge in [-0.05, 0) is 48.2 Å². The fourth-order valence-electron chi connectivity index (χ4n) is 3.83. The van der Waals surface area contributed by atoms with Crippen molar-refractivity contribution in [2.24, 2.45) is 7.05 Å². The Morgan fingerprint density at radius 2 is 1.58 bits per heavy atom. The number of nitrogens with zero attached hydrogens (tertiary/aromatic N) is 2. The number of rotatable bonds is 3. The predicted octanol–water partition coefficient (Wildman–Crippen LogP) is 5.55. The molecule has 0 saturated heterocycles. The summed E-state index contributed by atoms with van der Waals surface area (Å²) in [7, 11) is 2.16. The first kappa shape index (κ1) is 16.6. The Hall–Kier alpha value is -2.87. The molecule has 2 heterocycles. The molecule has 4 rings (SSSR count). The van der Waals surface area contributed by atoms with Gasteiger partial charge in [0.2, 0.25) is 11.2 Å². The number of hydrogen-bond acceptors (Lipinski definition) is 0. The Morgan fingerprint density at radius 1 is 0.846 bits per heavy atom. The summed E-state index contributed by atoms with van der Waals surface area (Å²) >= 11 is 0. The first-order valence-corrected chi connectivity index (χ1v) is 9.23. The second-order valence-electron chi connectivity index (χ2n) is 7.27. The molecule has 0 aliphatic heterocycles. The number of pyridine rings is 1. The third-order valence-electron chi connectivity index (χ3n) is 5.23. The van der Waals surface area contributed by atoms with Gasteiger partial charge in [0.05, 0.1) is 0 Å². The van der Waals surface area contributed by atoms with Gasteiger partial charge < -0.3 is 4.57 Å². The van der Waals surface area contributed by atoms with Crippen LogP contribution in [0.1, 0.15) is 30.9 Å². The van der Waals surface area contributed by atoms with Crippen molar-refractivity contribution in [3.8, 4) is 17.1 Å². The second-order valence-corrected chi connectivity index (χ2v) is 7.27. The molecule has 0 aliphatic rings. The van der Waals surface area contributed by atoms with Crippen LogP contribution >= 0.6 is 0 Å². The molecule has 0 aliphatic carbocycles. The SMILES string of the molecule is Cc1ccn(-c2ccccc2C(C)C)c1-c1ccc2ccccc2[n+]1C. The van der Waals surface area contributed by atoms with Crippen molar-refractivity contribution >= 4 is 10.9 Å². The van der Waals surface area contributed by atoms with Gasteiger partial charge in [0.1, 0.15) is 12.7 Å². The summed E-state index contributed by atoms with van der Waals surface area (Å²) < 4.78 is 4.64. The maximum atomic E-state index is 2.34. The topological polar surface area (TPSA) is 8.81 Å². The predicted molar refractivity (Wildman–Crippen MR) is 109 cm³/mol. The minimum atomic E-state index is 0.479. The summed E-state index contributed by atoms with van der Waals surface area (Å²) in [5.74, 6) is 0.479. The maximum Gasteiger partial charge on any atom is 0.230 e. The molecule has 0 spiro atoms. The number of fused-ring (bicyclic) bond motifs is 1. The highest BCUT2D eigenvalue weighted by Gasteiger charge is 2.21. The van der Waals surface area contributed by atoms with Gasteiger partial charge in [-0.15, -0.1) is 0 Å². The van der Waals surface area contributed by atoms with Gasteiger partial charge >= 0.3 is 0 Å². The van der Waals surface area contributed by atoms with Crippen LogP contribution in [-0.4, -0.2) is 4.57 Å². The molecule has 2 nitrogen and oxygen atoms in total. The molecule has 2 heteroatoms. The average Bonchev–Trinajstić information content (AvgIpc) is 3.03. The normalized spacial score (nSPS) is 11.4. The van der Waals surface area contributed by atoms with E-state index in [1.54, 1.807) is 0 Å². The van der Waals surface area contributed by atoms with E-state index in [1.165, 1.54) is 39.1 Å². The average molecular weight is 341 g/mol. The monoisotopic (exact) mass is 341 g/mol. The van der Waals surface area contributed by atoms with Gasteiger partial charge in [-0.3, -0.25) is 0 Å². The number of aromatic nitrogens is 2. The van der Waals surface area contributed by atoms with E-state index in [0.29, 0.717) is 5.92 Å². The van der Waals surface area contributed by atoms with E-state index in [9.17, 15) is 0 Å². The van der Waals surface area contributed by atoms with E-state index < -0.39 is 0 Å². The summed E-state index contributed by atoms with van der Waals surface area (Å²) in [6.07, 6.45) is 2.20. The lowest BCUT2D eigenvalue weighted by atomic mass is 10.0. The minimum Gasteiger partial charge on any atom is -0.311 e. The summed E-state index contributed by atoms with van der Waals surface area (Å²) in [4.78, 5) is 0. The van der Waals surface area contributed by atoms with Gasteiger partial charge in [-0.2, -0.15) is 4.57 Å². The molecule has 0 saturated carbocycles. The van der Waals surface area contributed by atoms with Crippen molar-refractivity contribution in [2.45, 2.75) is 26.7 Å². The van der Waals surface area contributed by atoms with Crippen molar-refractivity contribution in [3.05, 3.63) is 84.1 Å². The van der Waals surface area contributed by atoms with Crippen LogP contribution in [0, 0.1) is 6.92 Å². The lowest BCUT2D eigenvalue weighted by Crippen LogP contribution is -2.32. The summed E-state index contributed by atoms with van der Waals surface area (Å²) in [5, 5.41) is 1.26. The molecule has 26 heavy (non-hydrogen) atoms. The van der Waals surface area contributed by atoms with Crippen LogP contribution < -0.4 is 4.57 Å². The van der Waals surface area contributed by atoms with E-state index in [-0.39, 0.29) is 0 Å². The van der Waals surface area contributed by atoms with Crippen molar-refractivity contribution in [1.82, 2.24) is 4.57 Å². The van der Waals surface area contributed by atoms with Gasteiger partial charge in [-0.1, -0.05) is 44.2 Å². The zero-order valence-corrected chi connectivity index (χ0v) is 15.9. The molecular weight excluding hydrogens is 316 g/mol. The largest absolute Gasteiger partial charge is 0.311 e. The van der Waals surface area contributed by atoms with Crippen LogP contribution in [0.15, 0.2) is 72.9 Å². The Kier molecular flexibility index (Phi) is 4.12.